The lowest BCUT2D eigenvalue weighted by Gasteiger charge is -2.38. The highest BCUT2D eigenvalue weighted by molar-refractivity contribution is 9.10. The van der Waals surface area contributed by atoms with Crippen molar-refractivity contribution in [2.75, 3.05) is 18.0 Å². The molecule has 0 aliphatic carbocycles. The van der Waals surface area contributed by atoms with E-state index >= 15 is 0 Å². The van der Waals surface area contributed by atoms with Gasteiger partial charge in [0.1, 0.15) is 6.07 Å². The van der Waals surface area contributed by atoms with Crippen LogP contribution in [0.15, 0.2) is 22.7 Å². The molecule has 0 bridgehead atoms. The minimum Gasteiger partial charge on any atom is -0.367 e. The average molecular weight is 308 g/mol. The molecule has 18 heavy (non-hydrogen) atoms. The number of nitrogens with two attached hydrogens (primary N) is 1. The molecule has 1 heterocycles. The van der Waals surface area contributed by atoms with Crippen molar-refractivity contribution >= 4 is 21.6 Å². The van der Waals surface area contributed by atoms with Gasteiger partial charge in [-0.3, -0.25) is 0 Å². The highest BCUT2D eigenvalue weighted by Crippen LogP contribution is 2.30. The highest BCUT2D eigenvalue weighted by atomic mass is 79.9. The zero-order chi connectivity index (χ0) is 13.0. The smallest absolute Gasteiger partial charge is 0.101 e. The van der Waals surface area contributed by atoms with Gasteiger partial charge in [0.2, 0.25) is 0 Å². The second-order valence-electron chi connectivity index (χ2n) is 4.69. The first-order valence-electron chi connectivity index (χ1n) is 6.42. The largest absolute Gasteiger partial charge is 0.367 e. The van der Waals surface area contributed by atoms with Crippen molar-refractivity contribution in [3.63, 3.8) is 0 Å². The van der Waals surface area contributed by atoms with Crippen molar-refractivity contribution in [3.05, 3.63) is 28.2 Å². The van der Waals surface area contributed by atoms with Crippen molar-refractivity contribution < 1.29 is 0 Å². The first-order valence-corrected chi connectivity index (χ1v) is 7.22. The number of hydrogen-bond donors (Lipinski definition) is 1. The van der Waals surface area contributed by atoms with E-state index in [9.17, 15) is 5.26 Å². The van der Waals surface area contributed by atoms with Crippen LogP contribution in [0.1, 0.15) is 31.2 Å². The molecule has 2 N–H and O–H groups in total. The lowest BCUT2D eigenvalue weighted by Crippen LogP contribution is -2.41. The van der Waals surface area contributed by atoms with E-state index in [1.165, 1.54) is 19.3 Å². The molecular weight excluding hydrogens is 290 g/mol. The van der Waals surface area contributed by atoms with Crippen LogP contribution in [0.2, 0.25) is 0 Å². The molecule has 1 aliphatic heterocycles. The molecule has 2 rings (SSSR count). The fourth-order valence-electron chi connectivity index (χ4n) is 2.66. The Bertz CT molecular complexity index is 451. The third kappa shape index (κ3) is 2.85. The molecule has 1 aromatic rings. The van der Waals surface area contributed by atoms with Crippen molar-refractivity contribution in [1.29, 1.82) is 5.26 Å². The van der Waals surface area contributed by atoms with E-state index in [1.807, 2.05) is 18.2 Å². The van der Waals surface area contributed by atoms with E-state index in [0.717, 1.165) is 28.7 Å². The lowest BCUT2D eigenvalue weighted by molar-refractivity contribution is 0.441. The molecular formula is C14H18BrN3. The van der Waals surface area contributed by atoms with Gasteiger partial charge in [-0.1, -0.05) is 15.9 Å². The predicted molar refractivity (Wildman–Crippen MR) is 77.5 cm³/mol. The van der Waals surface area contributed by atoms with Gasteiger partial charge in [0.25, 0.3) is 0 Å². The summed E-state index contributed by atoms with van der Waals surface area (Å²) in [6.07, 6.45) is 4.64. The maximum absolute atomic E-state index is 9.27. The van der Waals surface area contributed by atoms with Crippen LogP contribution < -0.4 is 10.6 Å². The Hall–Kier alpha value is -1.05. The van der Waals surface area contributed by atoms with E-state index in [4.69, 9.17) is 5.73 Å². The van der Waals surface area contributed by atoms with E-state index < -0.39 is 0 Å². The van der Waals surface area contributed by atoms with E-state index in [2.05, 4.69) is 26.9 Å². The second kappa shape index (κ2) is 6.21. The molecule has 96 valence electrons. The number of rotatable bonds is 3. The van der Waals surface area contributed by atoms with Crippen molar-refractivity contribution in [2.24, 2.45) is 5.73 Å². The summed E-state index contributed by atoms with van der Waals surface area (Å²) in [5, 5.41) is 9.27. The van der Waals surface area contributed by atoms with Crippen molar-refractivity contribution in [1.82, 2.24) is 0 Å². The molecule has 1 atom stereocenters. The molecule has 1 aromatic carbocycles. The minimum atomic E-state index is 0.483. The van der Waals surface area contributed by atoms with Crippen LogP contribution >= 0.6 is 15.9 Å². The standard InChI is InChI=1S/C14H18BrN3/c15-12-4-5-14(11(9-12)10-17)18-8-2-1-3-13(18)6-7-16/h4-5,9,13H,1-3,6-8,16H2. The number of benzene rings is 1. The molecule has 0 spiro atoms. The molecule has 1 unspecified atom stereocenters. The van der Waals surface area contributed by atoms with Gasteiger partial charge < -0.3 is 10.6 Å². The van der Waals surface area contributed by atoms with Gasteiger partial charge in [-0.2, -0.15) is 5.26 Å². The highest BCUT2D eigenvalue weighted by Gasteiger charge is 2.23. The molecule has 1 aliphatic rings. The SMILES string of the molecule is N#Cc1cc(Br)ccc1N1CCCCC1CCN. The third-order valence-corrected chi connectivity index (χ3v) is 4.01. The Balaban J connectivity index is 2.30. The van der Waals surface area contributed by atoms with Crippen LogP contribution in [0.25, 0.3) is 0 Å². The molecule has 0 saturated carbocycles. The van der Waals surface area contributed by atoms with Crippen LogP contribution in [0.4, 0.5) is 5.69 Å². The van der Waals surface area contributed by atoms with E-state index in [0.29, 0.717) is 12.6 Å². The first kappa shape index (κ1) is 13.4. The summed E-state index contributed by atoms with van der Waals surface area (Å²) in [5.74, 6) is 0. The first-order chi connectivity index (χ1) is 8.76. The van der Waals surface area contributed by atoms with Gasteiger partial charge in [-0.15, -0.1) is 0 Å². The zero-order valence-corrected chi connectivity index (χ0v) is 12.0. The fraction of sp³-hybridized carbons (Fsp3) is 0.500. The molecule has 0 aromatic heterocycles. The van der Waals surface area contributed by atoms with Gasteiger partial charge >= 0.3 is 0 Å². The van der Waals surface area contributed by atoms with Crippen LogP contribution in [-0.2, 0) is 0 Å². The number of hydrogen-bond acceptors (Lipinski definition) is 3. The van der Waals surface area contributed by atoms with Gasteiger partial charge in [0.15, 0.2) is 0 Å². The Labute approximate surface area is 117 Å². The Kier molecular flexibility index (Phi) is 4.62. The van der Waals surface area contributed by atoms with Crippen LogP contribution in [-0.4, -0.2) is 19.1 Å². The molecule has 1 fully saturated rings. The quantitative estimate of drug-likeness (QED) is 0.934. The monoisotopic (exact) mass is 307 g/mol. The maximum atomic E-state index is 9.27. The molecule has 3 nitrogen and oxygen atoms in total. The fourth-order valence-corrected chi connectivity index (χ4v) is 3.02. The summed E-state index contributed by atoms with van der Waals surface area (Å²) in [6.45, 7) is 1.74. The van der Waals surface area contributed by atoms with Crippen molar-refractivity contribution in [2.45, 2.75) is 31.7 Å². The molecule has 0 amide bonds. The number of nitrogens with zero attached hydrogens (tertiary/aromatic N) is 2. The predicted octanol–water partition coefficient (Wildman–Crippen LogP) is 3.03. The summed E-state index contributed by atoms with van der Waals surface area (Å²) < 4.78 is 0.954. The van der Waals surface area contributed by atoms with Gasteiger partial charge in [-0.05, 0) is 50.4 Å². The van der Waals surface area contributed by atoms with Crippen LogP contribution in [0.5, 0.6) is 0 Å². The number of anilines is 1. The average Bonchev–Trinajstić information content (AvgIpc) is 2.40. The summed E-state index contributed by atoms with van der Waals surface area (Å²) >= 11 is 3.42. The number of nitriles is 1. The Morgan fingerprint density at radius 1 is 1.44 bits per heavy atom. The van der Waals surface area contributed by atoms with Crippen LogP contribution in [0.3, 0.4) is 0 Å². The van der Waals surface area contributed by atoms with Gasteiger partial charge in [0, 0.05) is 17.1 Å². The maximum Gasteiger partial charge on any atom is 0.101 e. The Morgan fingerprint density at radius 2 is 2.28 bits per heavy atom. The third-order valence-electron chi connectivity index (χ3n) is 3.52. The Morgan fingerprint density at radius 3 is 3.00 bits per heavy atom. The molecule has 0 radical (unpaired) electrons. The summed E-state index contributed by atoms with van der Waals surface area (Å²) in [7, 11) is 0. The minimum absolute atomic E-state index is 0.483. The molecule has 1 saturated heterocycles. The van der Waals surface area contributed by atoms with Gasteiger partial charge in [-0.25, -0.2) is 0 Å². The zero-order valence-electron chi connectivity index (χ0n) is 10.4. The second-order valence-corrected chi connectivity index (χ2v) is 5.61. The lowest BCUT2D eigenvalue weighted by atomic mass is 9.97. The summed E-state index contributed by atoms with van der Waals surface area (Å²) in [6, 6.07) is 8.71. The van der Waals surface area contributed by atoms with E-state index in [1.54, 1.807) is 0 Å². The van der Waals surface area contributed by atoms with Crippen molar-refractivity contribution in [3.8, 4) is 6.07 Å². The van der Waals surface area contributed by atoms with Gasteiger partial charge in [0.05, 0.1) is 11.3 Å². The summed E-state index contributed by atoms with van der Waals surface area (Å²) in [5.41, 5.74) is 7.49. The normalized spacial score (nSPS) is 19.6. The summed E-state index contributed by atoms with van der Waals surface area (Å²) in [4.78, 5) is 2.36. The number of piperidine rings is 1. The van der Waals surface area contributed by atoms with E-state index in [-0.39, 0.29) is 0 Å². The molecule has 4 heteroatoms. The topological polar surface area (TPSA) is 53.0 Å². The number of halogens is 1. The van der Waals surface area contributed by atoms with Crippen LogP contribution in [0, 0.1) is 11.3 Å².